The Balaban J connectivity index is 2.07. The second kappa shape index (κ2) is 4.40. The Morgan fingerprint density at radius 1 is 1.59 bits per heavy atom. The third-order valence-electron chi connectivity index (χ3n) is 2.71. The number of aromatic amines is 1. The van der Waals surface area contributed by atoms with Gasteiger partial charge in [-0.1, -0.05) is 0 Å². The SMILES string of the molecule is Cc1cc(C(=O)NC(C)c2cn[nH]c2)nn1C. The van der Waals surface area contributed by atoms with Gasteiger partial charge in [0.25, 0.3) is 5.91 Å². The van der Waals surface area contributed by atoms with E-state index in [0.717, 1.165) is 11.3 Å². The van der Waals surface area contributed by atoms with Gasteiger partial charge in [0.2, 0.25) is 0 Å². The molecule has 1 atom stereocenters. The Morgan fingerprint density at radius 3 is 2.88 bits per heavy atom. The maximum atomic E-state index is 11.9. The molecule has 0 saturated carbocycles. The van der Waals surface area contributed by atoms with Gasteiger partial charge < -0.3 is 5.32 Å². The smallest absolute Gasteiger partial charge is 0.272 e. The Kier molecular flexibility index (Phi) is 2.95. The fraction of sp³-hybridized carbons (Fsp3) is 0.364. The highest BCUT2D eigenvalue weighted by molar-refractivity contribution is 5.92. The highest BCUT2D eigenvalue weighted by Crippen LogP contribution is 2.10. The van der Waals surface area contributed by atoms with Crippen LogP contribution in [0.15, 0.2) is 18.5 Å². The van der Waals surface area contributed by atoms with Crippen molar-refractivity contribution in [2.24, 2.45) is 7.05 Å². The molecule has 2 N–H and O–H groups in total. The zero-order valence-corrected chi connectivity index (χ0v) is 10.1. The van der Waals surface area contributed by atoms with E-state index >= 15 is 0 Å². The number of hydrogen-bond donors (Lipinski definition) is 2. The van der Waals surface area contributed by atoms with Gasteiger partial charge in [-0.05, 0) is 19.9 Å². The molecule has 17 heavy (non-hydrogen) atoms. The summed E-state index contributed by atoms with van der Waals surface area (Å²) in [4.78, 5) is 11.9. The molecule has 2 rings (SSSR count). The lowest BCUT2D eigenvalue weighted by atomic mass is 10.2. The van der Waals surface area contributed by atoms with E-state index in [-0.39, 0.29) is 11.9 Å². The van der Waals surface area contributed by atoms with Crippen LogP contribution in [0.4, 0.5) is 0 Å². The van der Waals surface area contributed by atoms with Gasteiger partial charge in [0.1, 0.15) is 5.69 Å². The Hall–Kier alpha value is -2.11. The number of amides is 1. The van der Waals surface area contributed by atoms with Gasteiger partial charge in [-0.25, -0.2) is 0 Å². The van der Waals surface area contributed by atoms with Crippen molar-refractivity contribution in [3.05, 3.63) is 35.4 Å². The predicted octanol–water partition coefficient (Wildman–Crippen LogP) is 0.943. The minimum atomic E-state index is -0.178. The zero-order valence-electron chi connectivity index (χ0n) is 10.1. The van der Waals surface area contributed by atoms with E-state index < -0.39 is 0 Å². The van der Waals surface area contributed by atoms with Crippen molar-refractivity contribution in [1.29, 1.82) is 0 Å². The summed E-state index contributed by atoms with van der Waals surface area (Å²) < 4.78 is 1.68. The minimum Gasteiger partial charge on any atom is -0.344 e. The van der Waals surface area contributed by atoms with Gasteiger partial charge in [-0.3, -0.25) is 14.6 Å². The summed E-state index contributed by atoms with van der Waals surface area (Å²) in [6.07, 6.45) is 3.45. The molecule has 0 aliphatic heterocycles. The van der Waals surface area contributed by atoms with E-state index in [1.807, 2.05) is 20.9 Å². The van der Waals surface area contributed by atoms with Crippen LogP contribution in [0.1, 0.15) is 34.7 Å². The molecular formula is C11H15N5O. The third kappa shape index (κ3) is 2.35. The zero-order chi connectivity index (χ0) is 12.4. The molecule has 1 unspecified atom stereocenters. The molecule has 0 fully saturated rings. The molecule has 0 aromatic carbocycles. The maximum absolute atomic E-state index is 11.9. The lowest BCUT2D eigenvalue weighted by Gasteiger charge is -2.10. The summed E-state index contributed by atoms with van der Waals surface area (Å²) >= 11 is 0. The van der Waals surface area contributed by atoms with E-state index in [1.54, 1.807) is 23.1 Å². The molecule has 0 saturated heterocycles. The molecule has 2 heterocycles. The largest absolute Gasteiger partial charge is 0.344 e. The molecule has 0 radical (unpaired) electrons. The summed E-state index contributed by atoms with van der Waals surface area (Å²) in [6, 6.07) is 1.67. The number of hydrogen-bond acceptors (Lipinski definition) is 3. The van der Waals surface area contributed by atoms with Gasteiger partial charge >= 0.3 is 0 Å². The van der Waals surface area contributed by atoms with Crippen LogP contribution in [-0.4, -0.2) is 25.9 Å². The van der Waals surface area contributed by atoms with Crippen LogP contribution in [0.3, 0.4) is 0 Å². The molecule has 0 bridgehead atoms. The Labute approximate surface area is 99.0 Å². The van der Waals surface area contributed by atoms with Gasteiger partial charge in [0.15, 0.2) is 0 Å². The number of carbonyl (C=O) groups is 1. The van der Waals surface area contributed by atoms with Crippen molar-refractivity contribution in [3.63, 3.8) is 0 Å². The first kappa shape index (κ1) is 11.4. The van der Waals surface area contributed by atoms with Crippen molar-refractivity contribution in [1.82, 2.24) is 25.3 Å². The highest BCUT2D eigenvalue weighted by atomic mass is 16.2. The van der Waals surface area contributed by atoms with E-state index in [1.165, 1.54) is 0 Å². The number of nitrogens with zero attached hydrogens (tertiary/aromatic N) is 3. The molecule has 6 nitrogen and oxygen atoms in total. The summed E-state index contributed by atoms with van der Waals surface area (Å²) in [5.41, 5.74) is 2.32. The van der Waals surface area contributed by atoms with E-state index in [9.17, 15) is 4.79 Å². The fourth-order valence-corrected chi connectivity index (χ4v) is 1.52. The Morgan fingerprint density at radius 2 is 2.35 bits per heavy atom. The molecule has 2 aromatic heterocycles. The first-order valence-electron chi connectivity index (χ1n) is 5.38. The van der Waals surface area contributed by atoms with E-state index in [4.69, 9.17) is 0 Å². The predicted molar refractivity (Wildman–Crippen MR) is 62.4 cm³/mol. The van der Waals surface area contributed by atoms with Crippen LogP contribution in [0.25, 0.3) is 0 Å². The summed E-state index contributed by atoms with van der Waals surface area (Å²) in [7, 11) is 1.81. The van der Waals surface area contributed by atoms with Crippen molar-refractivity contribution < 1.29 is 4.79 Å². The molecule has 2 aromatic rings. The van der Waals surface area contributed by atoms with Crippen molar-refractivity contribution >= 4 is 5.91 Å². The monoisotopic (exact) mass is 233 g/mol. The number of nitrogens with one attached hydrogen (secondary N) is 2. The number of rotatable bonds is 3. The van der Waals surface area contributed by atoms with Crippen molar-refractivity contribution in [2.45, 2.75) is 19.9 Å². The first-order valence-corrected chi connectivity index (χ1v) is 5.38. The van der Waals surface area contributed by atoms with Gasteiger partial charge in [-0.15, -0.1) is 0 Å². The van der Waals surface area contributed by atoms with Gasteiger partial charge in [-0.2, -0.15) is 10.2 Å². The lowest BCUT2D eigenvalue weighted by molar-refractivity contribution is 0.0934. The topological polar surface area (TPSA) is 75.6 Å². The number of H-pyrrole nitrogens is 1. The first-order chi connectivity index (χ1) is 8.08. The van der Waals surface area contributed by atoms with Crippen LogP contribution in [0, 0.1) is 6.92 Å². The van der Waals surface area contributed by atoms with Crippen molar-refractivity contribution in [3.8, 4) is 0 Å². The molecular weight excluding hydrogens is 218 g/mol. The molecule has 0 spiro atoms. The number of aryl methyl sites for hydroxylation is 2. The van der Waals surface area contributed by atoms with Gasteiger partial charge in [0, 0.05) is 24.5 Å². The lowest BCUT2D eigenvalue weighted by Crippen LogP contribution is -2.26. The number of carbonyl (C=O) groups excluding carboxylic acids is 1. The molecule has 0 aliphatic rings. The molecule has 1 amide bonds. The third-order valence-corrected chi connectivity index (χ3v) is 2.71. The van der Waals surface area contributed by atoms with E-state index in [0.29, 0.717) is 5.69 Å². The van der Waals surface area contributed by atoms with Crippen LogP contribution in [-0.2, 0) is 7.05 Å². The minimum absolute atomic E-state index is 0.0939. The maximum Gasteiger partial charge on any atom is 0.272 e. The summed E-state index contributed by atoms with van der Waals surface area (Å²) in [6.45, 7) is 3.81. The quantitative estimate of drug-likeness (QED) is 0.828. The van der Waals surface area contributed by atoms with Crippen LogP contribution < -0.4 is 5.32 Å². The Bertz CT molecular complexity index is 494. The molecule has 6 heteroatoms. The standard InChI is InChI=1S/C11H15N5O/c1-7-4-10(15-16(7)3)11(17)14-8(2)9-5-12-13-6-9/h4-6,8H,1-3H3,(H,12,13)(H,14,17). The van der Waals surface area contributed by atoms with Crippen LogP contribution in [0.2, 0.25) is 0 Å². The van der Waals surface area contributed by atoms with Crippen molar-refractivity contribution in [2.75, 3.05) is 0 Å². The molecule has 90 valence electrons. The second-order valence-corrected chi connectivity index (χ2v) is 4.02. The fourth-order valence-electron chi connectivity index (χ4n) is 1.52. The average molecular weight is 233 g/mol. The van der Waals surface area contributed by atoms with Crippen LogP contribution in [0.5, 0.6) is 0 Å². The average Bonchev–Trinajstić information content (AvgIpc) is 2.89. The normalized spacial score (nSPS) is 12.4. The van der Waals surface area contributed by atoms with Gasteiger partial charge in [0.05, 0.1) is 12.2 Å². The summed E-state index contributed by atoms with van der Waals surface area (Å²) in [5.74, 6) is -0.178. The van der Waals surface area contributed by atoms with Crippen LogP contribution >= 0.6 is 0 Å². The van der Waals surface area contributed by atoms with E-state index in [2.05, 4.69) is 20.6 Å². The second-order valence-electron chi connectivity index (χ2n) is 4.02. The summed E-state index contributed by atoms with van der Waals surface area (Å²) in [5, 5.41) is 13.6. The number of aromatic nitrogens is 4. The highest BCUT2D eigenvalue weighted by Gasteiger charge is 2.15. The molecule has 0 aliphatic carbocycles.